The van der Waals surface area contributed by atoms with Crippen LogP contribution in [-0.2, 0) is 23.8 Å². The van der Waals surface area contributed by atoms with Gasteiger partial charge in [0.2, 0.25) is 5.79 Å². The second-order valence-corrected chi connectivity index (χ2v) is 11.0. The molecule has 8 heteroatoms. The van der Waals surface area contributed by atoms with E-state index in [0.29, 0.717) is 26.0 Å². The second-order valence-electron chi connectivity index (χ2n) is 11.0. The zero-order valence-electron chi connectivity index (χ0n) is 22.6. The molecule has 0 aromatic carbocycles. The van der Waals surface area contributed by atoms with Gasteiger partial charge in [-0.05, 0) is 58.9 Å². The van der Waals surface area contributed by atoms with Crippen LogP contribution < -0.4 is 5.73 Å². The number of hydrogen-bond acceptors (Lipinski definition) is 8. The summed E-state index contributed by atoms with van der Waals surface area (Å²) in [5.41, 5.74) is 5.69. The van der Waals surface area contributed by atoms with Gasteiger partial charge in [0.05, 0.1) is 6.10 Å². The minimum Gasteiger partial charge on any atom is -0.390 e. The maximum Gasteiger partial charge on any atom is 0.217 e. The quantitative estimate of drug-likeness (QED) is 0.269. The number of ether oxygens (including phenoxy) is 4. The zero-order chi connectivity index (χ0) is 25.2. The molecule has 0 aromatic heterocycles. The lowest BCUT2D eigenvalue weighted by Gasteiger charge is -2.37. The van der Waals surface area contributed by atoms with Crippen LogP contribution in [0, 0.1) is 0 Å². The minimum absolute atomic E-state index is 0.381. The first kappa shape index (κ1) is 29.2. The molecule has 0 spiro atoms. The molecule has 0 amide bonds. The van der Waals surface area contributed by atoms with Gasteiger partial charge in [-0.25, -0.2) is 0 Å². The molecule has 0 radical (unpaired) electrons. The third kappa shape index (κ3) is 8.60. The van der Waals surface area contributed by atoms with E-state index >= 15 is 0 Å². The first-order valence-electron chi connectivity index (χ1n) is 14.3. The summed E-state index contributed by atoms with van der Waals surface area (Å²) in [5, 5.41) is 12.9. The smallest absolute Gasteiger partial charge is 0.217 e. The molecule has 0 unspecified atom stereocenters. The Kier molecular flexibility index (Phi) is 12.2. The van der Waals surface area contributed by atoms with Crippen molar-refractivity contribution in [2.45, 2.75) is 140 Å². The van der Waals surface area contributed by atoms with E-state index in [1.54, 1.807) is 0 Å². The van der Waals surface area contributed by atoms with Crippen LogP contribution in [0.5, 0.6) is 0 Å². The molecule has 3 aliphatic rings. The Morgan fingerprint density at radius 2 is 1.63 bits per heavy atom. The predicted octanol–water partition coefficient (Wildman–Crippen LogP) is 4.28. The first-order valence-corrected chi connectivity index (χ1v) is 14.3. The second kappa shape index (κ2) is 14.6. The average molecular weight is 501 g/mol. The van der Waals surface area contributed by atoms with Gasteiger partial charge < -0.3 is 29.8 Å². The van der Waals surface area contributed by atoms with E-state index in [1.807, 2.05) is 18.9 Å². The minimum atomic E-state index is -0.986. The highest BCUT2D eigenvalue weighted by atomic mass is 16.9. The van der Waals surface area contributed by atoms with Crippen molar-refractivity contribution in [2.75, 3.05) is 32.8 Å². The largest absolute Gasteiger partial charge is 0.390 e. The summed E-state index contributed by atoms with van der Waals surface area (Å²) in [7, 11) is 0. The molecule has 3 fully saturated rings. The van der Waals surface area contributed by atoms with Crippen molar-refractivity contribution in [2.24, 2.45) is 5.73 Å². The van der Waals surface area contributed by atoms with E-state index in [2.05, 4.69) is 6.92 Å². The molecule has 3 aliphatic heterocycles. The van der Waals surface area contributed by atoms with E-state index in [1.165, 1.54) is 38.5 Å². The maximum absolute atomic E-state index is 10.9. The van der Waals surface area contributed by atoms with Crippen molar-refractivity contribution in [3.8, 4) is 0 Å². The Morgan fingerprint density at radius 1 is 0.943 bits per heavy atom. The number of aliphatic hydroxyl groups is 1. The molecule has 0 bridgehead atoms. The lowest BCUT2D eigenvalue weighted by molar-refractivity contribution is -0.373. The number of unbranched alkanes of at least 4 members (excludes halogenated alkanes) is 6. The number of fused-ring (bicyclic) bond motifs is 1. The summed E-state index contributed by atoms with van der Waals surface area (Å²) in [4.78, 5) is 6.56. The van der Waals surface area contributed by atoms with Crippen molar-refractivity contribution in [1.29, 1.82) is 0 Å². The van der Waals surface area contributed by atoms with Gasteiger partial charge >= 0.3 is 0 Å². The summed E-state index contributed by atoms with van der Waals surface area (Å²) < 4.78 is 25.1. The Balaban J connectivity index is 1.54. The predicted molar refractivity (Wildman–Crippen MR) is 136 cm³/mol. The molecule has 0 aliphatic carbocycles. The number of rotatable bonds is 18. The number of hydrogen-bond donors (Lipinski definition) is 2. The molecule has 206 valence electrons. The van der Waals surface area contributed by atoms with E-state index in [9.17, 15) is 5.11 Å². The SMILES string of the molecule is CCCCCCCCCOCCC[C@]1(ON2CCCC2)O[C@H]([C@H](O)CCCN)[C@@H]2OC(C)(C)O[C@@H]21. The third-order valence-corrected chi connectivity index (χ3v) is 7.36. The topological polar surface area (TPSA) is 95.6 Å². The fourth-order valence-corrected chi connectivity index (χ4v) is 5.52. The Bertz CT molecular complexity index is 588. The lowest BCUT2D eigenvalue weighted by atomic mass is 9.97. The van der Waals surface area contributed by atoms with Gasteiger partial charge in [0.15, 0.2) is 5.79 Å². The Labute approximate surface area is 213 Å². The molecule has 35 heavy (non-hydrogen) atoms. The van der Waals surface area contributed by atoms with E-state index in [4.69, 9.17) is 29.5 Å². The van der Waals surface area contributed by atoms with Crippen molar-refractivity contribution >= 4 is 0 Å². The van der Waals surface area contributed by atoms with E-state index < -0.39 is 29.9 Å². The molecule has 3 rings (SSSR count). The lowest BCUT2D eigenvalue weighted by Crippen LogP contribution is -2.49. The molecule has 3 saturated heterocycles. The van der Waals surface area contributed by atoms with Crippen molar-refractivity contribution in [3.05, 3.63) is 0 Å². The van der Waals surface area contributed by atoms with Gasteiger partial charge in [-0.15, -0.1) is 0 Å². The number of aliphatic hydroxyl groups excluding tert-OH is 1. The molecular weight excluding hydrogens is 448 g/mol. The fourth-order valence-electron chi connectivity index (χ4n) is 5.52. The number of nitrogens with two attached hydrogens (primary N) is 1. The molecule has 0 aromatic rings. The molecule has 5 atom stereocenters. The van der Waals surface area contributed by atoms with Gasteiger partial charge in [-0.2, -0.15) is 5.06 Å². The van der Waals surface area contributed by atoms with Gasteiger partial charge in [0, 0.05) is 32.7 Å². The van der Waals surface area contributed by atoms with Gasteiger partial charge in [-0.3, -0.25) is 4.84 Å². The van der Waals surface area contributed by atoms with Crippen molar-refractivity contribution in [3.63, 3.8) is 0 Å². The summed E-state index contributed by atoms with van der Waals surface area (Å²) >= 11 is 0. The van der Waals surface area contributed by atoms with E-state index in [-0.39, 0.29) is 6.10 Å². The van der Waals surface area contributed by atoms with E-state index in [0.717, 1.165) is 51.8 Å². The molecule has 3 heterocycles. The number of hydroxylamine groups is 2. The van der Waals surface area contributed by atoms with Crippen LogP contribution in [0.15, 0.2) is 0 Å². The highest BCUT2D eigenvalue weighted by molar-refractivity contribution is 5.05. The van der Waals surface area contributed by atoms with Crippen LogP contribution in [0.1, 0.15) is 104 Å². The van der Waals surface area contributed by atoms with Crippen LogP contribution in [0.2, 0.25) is 0 Å². The van der Waals surface area contributed by atoms with Crippen LogP contribution in [0.3, 0.4) is 0 Å². The molecule has 3 N–H and O–H groups in total. The Hall–Kier alpha value is -0.320. The van der Waals surface area contributed by atoms with Crippen molar-refractivity contribution in [1.82, 2.24) is 5.06 Å². The molecular formula is C27H52N2O6. The fraction of sp³-hybridized carbons (Fsp3) is 1.00. The molecule has 0 saturated carbocycles. The van der Waals surface area contributed by atoms with Crippen molar-refractivity contribution < 1.29 is 28.9 Å². The molecule has 8 nitrogen and oxygen atoms in total. The van der Waals surface area contributed by atoms with Crippen LogP contribution in [0.25, 0.3) is 0 Å². The third-order valence-electron chi connectivity index (χ3n) is 7.36. The van der Waals surface area contributed by atoms with Crippen LogP contribution >= 0.6 is 0 Å². The maximum atomic E-state index is 10.9. The standard InChI is InChI=1S/C27H52N2O6/c1-4-5-6-7-8-9-12-20-31-21-14-16-27(35-29-18-10-11-19-29)25-24(32-26(2,3)34-25)23(33-27)22(30)15-13-17-28/h22-25,30H,4-21,28H2,1-3H3/t22-,23-,24+,25+,27-/m1/s1. The Morgan fingerprint density at radius 3 is 2.34 bits per heavy atom. The summed E-state index contributed by atoms with van der Waals surface area (Å²) in [5.74, 6) is -1.74. The summed E-state index contributed by atoms with van der Waals surface area (Å²) in [6, 6.07) is 0. The van der Waals surface area contributed by atoms with Gasteiger partial charge in [-0.1, -0.05) is 45.4 Å². The number of nitrogens with zero attached hydrogens (tertiary/aromatic N) is 1. The summed E-state index contributed by atoms with van der Waals surface area (Å²) in [6.07, 6.45) is 11.9. The normalized spacial score (nSPS) is 31.3. The van der Waals surface area contributed by atoms with Gasteiger partial charge in [0.1, 0.15) is 18.3 Å². The highest BCUT2D eigenvalue weighted by Gasteiger charge is 2.65. The van der Waals surface area contributed by atoms with Gasteiger partial charge in [0.25, 0.3) is 0 Å². The average Bonchev–Trinajstić information content (AvgIpc) is 3.52. The summed E-state index contributed by atoms with van der Waals surface area (Å²) in [6.45, 7) is 9.83. The highest BCUT2D eigenvalue weighted by Crippen LogP contribution is 2.48. The van der Waals surface area contributed by atoms with Crippen LogP contribution in [-0.4, -0.2) is 79.0 Å². The van der Waals surface area contributed by atoms with Crippen LogP contribution in [0.4, 0.5) is 0 Å². The zero-order valence-corrected chi connectivity index (χ0v) is 22.6. The first-order chi connectivity index (χ1) is 16.9. The monoisotopic (exact) mass is 500 g/mol.